The van der Waals surface area contributed by atoms with Crippen LogP contribution < -0.4 is 11.1 Å². The summed E-state index contributed by atoms with van der Waals surface area (Å²) in [6.07, 6.45) is 2.44. The van der Waals surface area contributed by atoms with Gasteiger partial charge >= 0.3 is 0 Å². The topological polar surface area (TPSA) is 38.0 Å². The maximum atomic E-state index is 5.59. The van der Waals surface area contributed by atoms with Gasteiger partial charge in [-0.25, -0.2) is 0 Å². The van der Waals surface area contributed by atoms with Gasteiger partial charge in [0.25, 0.3) is 0 Å². The van der Waals surface area contributed by atoms with Crippen molar-refractivity contribution in [1.29, 1.82) is 0 Å². The molecule has 0 heterocycles. The van der Waals surface area contributed by atoms with Crippen molar-refractivity contribution in [2.45, 2.75) is 33.6 Å². The van der Waals surface area contributed by atoms with Gasteiger partial charge in [-0.05, 0) is 31.5 Å². The summed E-state index contributed by atoms with van der Waals surface area (Å²) in [4.78, 5) is 0. The largest absolute Gasteiger partial charge is 0.330 e. The first kappa shape index (κ1) is 11.9. The Morgan fingerprint density at radius 1 is 1.17 bits per heavy atom. The monoisotopic (exact) mass is 172 g/mol. The molecule has 0 bridgehead atoms. The minimum absolute atomic E-state index is 0.661. The Balaban J connectivity index is 3.28. The quantitative estimate of drug-likeness (QED) is 0.612. The van der Waals surface area contributed by atoms with Gasteiger partial charge in [-0.3, -0.25) is 0 Å². The van der Waals surface area contributed by atoms with Gasteiger partial charge in [-0.15, -0.1) is 0 Å². The molecule has 0 rings (SSSR count). The highest BCUT2D eigenvalue weighted by molar-refractivity contribution is 4.62. The van der Waals surface area contributed by atoms with Crippen molar-refractivity contribution in [3.63, 3.8) is 0 Å². The van der Waals surface area contributed by atoms with Crippen LogP contribution in [0.2, 0.25) is 0 Å². The fourth-order valence-electron chi connectivity index (χ4n) is 1.07. The number of nitrogens with one attached hydrogen (secondary N) is 1. The maximum Gasteiger partial charge on any atom is -0.000845 e. The first-order chi connectivity index (χ1) is 5.74. The normalized spacial score (nSPS) is 16.0. The highest BCUT2D eigenvalue weighted by Crippen LogP contribution is 2.00. The predicted molar refractivity (Wildman–Crippen MR) is 55.2 cm³/mol. The van der Waals surface area contributed by atoms with Crippen molar-refractivity contribution in [1.82, 2.24) is 5.32 Å². The minimum Gasteiger partial charge on any atom is -0.330 e. The molecular formula is C10H24N2. The molecule has 0 aliphatic carbocycles. The van der Waals surface area contributed by atoms with Crippen LogP contribution in [0.4, 0.5) is 0 Å². The van der Waals surface area contributed by atoms with E-state index in [0.717, 1.165) is 25.6 Å². The molecule has 2 atom stereocenters. The average molecular weight is 172 g/mol. The lowest BCUT2D eigenvalue weighted by molar-refractivity contribution is 0.430. The van der Waals surface area contributed by atoms with Crippen LogP contribution in [0.3, 0.4) is 0 Å². The van der Waals surface area contributed by atoms with E-state index in [1.54, 1.807) is 0 Å². The number of nitrogens with two attached hydrogens (primary N) is 1. The second-order valence-electron chi connectivity index (χ2n) is 3.68. The molecule has 0 radical (unpaired) electrons. The second kappa shape index (κ2) is 7.56. The van der Waals surface area contributed by atoms with Gasteiger partial charge in [0, 0.05) is 0 Å². The Morgan fingerprint density at radius 3 is 2.25 bits per heavy atom. The fourth-order valence-corrected chi connectivity index (χ4v) is 1.07. The summed E-state index contributed by atoms with van der Waals surface area (Å²) in [6.45, 7) is 9.72. The molecule has 2 heteroatoms. The SMILES string of the molecule is CCC(C)CNCC(CC)CN. The summed E-state index contributed by atoms with van der Waals surface area (Å²) in [5.41, 5.74) is 5.59. The van der Waals surface area contributed by atoms with Crippen LogP contribution in [0.25, 0.3) is 0 Å². The average Bonchev–Trinajstić information content (AvgIpc) is 2.12. The Labute approximate surface area is 76.9 Å². The zero-order valence-corrected chi connectivity index (χ0v) is 8.77. The molecule has 2 nitrogen and oxygen atoms in total. The zero-order chi connectivity index (χ0) is 9.40. The lowest BCUT2D eigenvalue weighted by Gasteiger charge is -2.15. The molecule has 74 valence electrons. The van der Waals surface area contributed by atoms with Crippen molar-refractivity contribution < 1.29 is 0 Å². The lowest BCUT2D eigenvalue weighted by Crippen LogP contribution is -2.30. The third kappa shape index (κ3) is 5.56. The summed E-state index contributed by atoms with van der Waals surface area (Å²) >= 11 is 0. The van der Waals surface area contributed by atoms with Crippen LogP contribution in [0.5, 0.6) is 0 Å². The van der Waals surface area contributed by atoms with Crippen LogP contribution in [-0.4, -0.2) is 19.6 Å². The molecule has 0 aromatic rings. The molecule has 0 saturated heterocycles. The van der Waals surface area contributed by atoms with E-state index in [1.807, 2.05) is 0 Å². The molecule has 0 aliphatic heterocycles. The van der Waals surface area contributed by atoms with E-state index in [-0.39, 0.29) is 0 Å². The van der Waals surface area contributed by atoms with Crippen LogP contribution >= 0.6 is 0 Å². The highest BCUT2D eigenvalue weighted by Gasteiger charge is 2.03. The molecule has 0 fully saturated rings. The summed E-state index contributed by atoms with van der Waals surface area (Å²) in [5.74, 6) is 1.45. The van der Waals surface area contributed by atoms with Crippen molar-refractivity contribution in [2.24, 2.45) is 17.6 Å². The molecule has 0 aliphatic rings. The molecule has 12 heavy (non-hydrogen) atoms. The molecule has 0 aromatic heterocycles. The van der Waals surface area contributed by atoms with Crippen molar-refractivity contribution >= 4 is 0 Å². The smallest absolute Gasteiger partial charge is 0.000845 e. The Hall–Kier alpha value is -0.0800. The first-order valence-corrected chi connectivity index (χ1v) is 5.15. The number of hydrogen-bond acceptors (Lipinski definition) is 2. The van der Waals surface area contributed by atoms with Gasteiger partial charge < -0.3 is 11.1 Å². The van der Waals surface area contributed by atoms with Gasteiger partial charge in [0.05, 0.1) is 0 Å². The Morgan fingerprint density at radius 2 is 1.83 bits per heavy atom. The molecular weight excluding hydrogens is 148 g/mol. The molecule has 2 unspecified atom stereocenters. The third-order valence-corrected chi connectivity index (χ3v) is 2.53. The van der Waals surface area contributed by atoms with E-state index in [1.165, 1.54) is 12.8 Å². The molecule has 0 spiro atoms. The number of rotatable bonds is 7. The van der Waals surface area contributed by atoms with Gasteiger partial charge in [0.2, 0.25) is 0 Å². The van der Waals surface area contributed by atoms with Gasteiger partial charge in [-0.2, -0.15) is 0 Å². The van der Waals surface area contributed by atoms with Gasteiger partial charge in [0.1, 0.15) is 0 Å². The standard InChI is InChI=1S/C10H24N2/c1-4-9(3)7-12-8-10(5-2)6-11/h9-10,12H,4-8,11H2,1-3H3. The molecule has 0 saturated carbocycles. The predicted octanol–water partition coefficient (Wildman–Crippen LogP) is 1.61. The van der Waals surface area contributed by atoms with Crippen molar-refractivity contribution in [2.75, 3.05) is 19.6 Å². The Bertz CT molecular complexity index is 89.8. The van der Waals surface area contributed by atoms with E-state index in [9.17, 15) is 0 Å². The Kier molecular flexibility index (Phi) is 7.51. The maximum absolute atomic E-state index is 5.59. The summed E-state index contributed by atoms with van der Waals surface area (Å²) < 4.78 is 0. The van der Waals surface area contributed by atoms with Gasteiger partial charge in [-0.1, -0.05) is 33.6 Å². The van der Waals surface area contributed by atoms with Crippen molar-refractivity contribution in [3.8, 4) is 0 Å². The second-order valence-corrected chi connectivity index (χ2v) is 3.68. The first-order valence-electron chi connectivity index (χ1n) is 5.15. The summed E-state index contributed by atoms with van der Waals surface area (Å²) in [6, 6.07) is 0. The summed E-state index contributed by atoms with van der Waals surface area (Å²) in [7, 11) is 0. The highest BCUT2D eigenvalue weighted by atomic mass is 14.9. The summed E-state index contributed by atoms with van der Waals surface area (Å²) in [5, 5.41) is 3.46. The zero-order valence-electron chi connectivity index (χ0n) is 8.77. The van der Waals surface area contributed by atoms with Crippen molar-refractivity contribution in [3.05, 3.63) is 0 Å². The van der Waals surface area contributed by atoms with Gasteiger partial charge in [0.15, 0.2) is 0 Å². The minimum atomic E-state index is 0.661. The van der Waals surface area contributed by atoms with E-state index in [4.69, 9.17) is 5.73 Å². The molecule has 3 N–H and O–H groups in total. The van der Waals surface area contributed by atoms with Crippen LogP contribution in [0.15, 0.2) is 0 Å². The van der Waals surface area contributed by atoms with E-state index in [0.29, 0.717) is 5.92 Å². The number of hydrogen-bond donors (Lipinski definition) is 2. The van der Waals surface area contributed by atoms with E-state index >= 15 is 0 Å². The van der Waals surface area contributed by atoms with Crippen LogP contribution in [-0.2, 0) is 0 Å². The van der Waals surface area contributed by atoms with E-state index < -0.39 is 0 Å². The fraction of sp³-hybridized carbons (Fsp3) is 1.00. The third-order valence-electron chi connectivity index (χ3n) is 2.53. The van der Waals surface area contributed by atoms with E-state index in [2.05, 4.69) is 26.1 Å². The van der Waals surface area contributed by atoms with Crippen LogP contribution in [0.1, 0.15) is 33.6 Å². The molecule has 0 amide bonds. The lowest BCUT2D eigenvalue weighted by atomic mass is 10.1. The molecule has 0 aromatic carbocycles. The van der Waals surface area contributed by atoms with Crippen LogP contribution in [0, 0.1) is 11.8 Å².